The first-order valence-electron chi connectivity index (χ1n) is 8.86. The van der Waals surface area contributed by atoms with E-state index in [1.54, 1.807) is 0 Å². The molecule has 6 nitrogen and oxygen atoms in total. The summed E-state index contributed by atoms with van der Waals surface area (Å²) in [7, 11) is 4.01. The molecule has 26 heavy (non-hydrogen) atoms. The number of imidazole rings is 1. The molecule has 6 heteroatoms. The average molecular weight is 349 g/mol. The number of hydrogen-bond donors (Lipinski definition) is 3. The summed E-state index contributed by atoms with van der Waals surface area (Å²) in [6, 6.07) is 11.7. The van der Waals surface area contributed by atoms with Gasteiger partial charge in [-0.2, -0.15) is 0 Å². The van der Waals surface area contributed by atoms with Crippen LogP contribution in [0.25, 0.3) is 11.0 Å². The molecule has 0 spiro atoms. The van der Waals surface area contributed by atoms with Gasteiger partial charge in [-0.15, -0.1) is 0 Å². The lowest BCUT2D eigenvalue weighted by molar-refractivity contribution is 0.102. The molecule has 0 bridgehead atoms. The highest BCUT2D eigenvalue weighted by Crippen LogP contribution is 2.20. The van der Waals surface area contributed by atoms with Gasteiger partial charge in [-0.05, 0) is 68.5 Å². The average Bonchev–Trinajstić information content (AvgIpc) is 3.02. The van der Waals surface area contributed by atoms with Crippen molar-refractivity contribution in [2.45, 2.75) is 19.5 Å². The first-order valence-corrected chi connectivity index (χ1v) is 8.86. The third-order valence-corrected chi connectivity index (χ3v) is 4.61. The lowest BCUT2D eigenvalue weighted by Gasteiger charge is -2.17. The summed E-state index contributed by atoms with van der Waals surface area (Å²) in [6.07, 6.45) is 1.02. The van der Waals surface area contributed by atoms with Gasteiger partial charge < -0.3 is 20.5 Å². The number of amides is 1. The second-order valence-electron chi connectivity index (χ2n) is 7.02. The van der Waals surface area contributed by atoms with E-state index in [0.29, 0.717) is 5.56 Å². The standard InChI is InChI=1S/C20H23N5O/c1-25(2)12-19-23-17-6-5-16(10-18(17)24-19)22-20(26)14-4-3-13-7-8-21-11-15(13)9-14/h3-6,9-10,21H,7-8,11-12H2,1-2H3,(H,22,26)(H,23,24). The van der Waals surface area contributed by atoms with Crippen molar-refractivity contribution in [1.82, 2.24) is 20.2 Å². The van der Waals surface area contributed by atoms with Crippen molar-refractivity contribution >= 4 is 22.6 Å². The minimum Gasteiger partial charge on any atom is -0.341 e. The van der Waals surface area contributed by atoms with Crippen LogP contribution in [0.5, 0.6) is 0 Å². The van der Waals surface area contributed by atoms with E-state index < -0.39 is 0 Å². The lowest BCUT2D eigenvalue weighted by Crippen LogP contribution is -2.24. The van der Waals surface area contributed by atoms with Gasteiger partial charge in [0.2, 0.25) is 0 Å². The molecule has 3 N–H and O–H groups in total. The van der Waals surface area contributed by atoms with Crippen molar-refractivity contribution in [1.29, 1.82) is 0 Å². The Morgan fingerprint density at radius 2 is 2.08 bits per heavy atom. The fourth-order valence-electron chi connectivity index (χ4n) is 3.34. The number of aromatic amines is 1. The van der Waals surface area contributed by atoms with Gasteiger partial charge in [-0.3, -0.25) is 4.79 Å². The van der Waals surface area contributed by atoms with Crippen LogP contribution in [0.2, 0.25) is 0 Å². The zero-order valence-corrected chi connectivity index (χ0v) is 15.1. The fraction of sp³-hybridized carbons (Fsp3) is 0.300. The molecule has 3 aromatic rings. The molecule has 0 atom stereocenters. The Morgan fingerprint density at radius 1 is 1.19 bits per heavy atom. The molecule has 1 amide bonds. The summed E-state index contributed by atoms with van der Waals surface area (Å²) in [5, 5.41) is 6.34. The third kappa shape index (κ3) is 3.47. The van der Waals surface area contributed by atoms with E-state index in [1.807, 2.05) is 44.4 Å². The first-order chi connectivity index (χ1) is 12.6. The molecule has 0 radical (unpaired) electrons. The molecule has 1 aromatic heterocycles. The van der Waals surface area contributed by atoms with E-state index in [0.717, 1.165) is 48.6 Å². The van der Waals surface area contributed by atoms with Crippen LogP contribution >= 0.6 is 0 Å². The molecule has 0 saturated carbocycles. The van der Waals surface area contributed by atoms with Gasteiger partial charge in [-0.25, -0.2) is 4.98 Å². The number of aromatic nitrogens is 2. The zero-order chi connectivity index (χ0) is 18.1. The summed E-state index contributed by atoms with van der Waals surface area (Å²) in [5.74, 6) is 0.821. The van der Waals surface area contributed by atoms with Crippen LogP contribution < -0.4 is 10.6 Å². The molecule has 1 aliphatic heterocycles. The predicted octanol–water partition coefficient (Wildman–Crippen LogP) is 2.52. The summed E-state index contributed by atoms with van der Waals surface area (Å²) in [5.41, 5.74) is 5.81. The van der Waals surface area contributed by atoms with Gasteiger partial charge in [0.05, 0.1) is 17.6 Å². The SMILES string of the molecule is CN(C)Cc1nc2ccc(NC(=O)c3ccc4c(c3)CNCC4)cc2[nH]1. The van der Waals surface area contributed by atoms with Gasteiger partial charge in [0.1, 0.15) is 5.82 Å². The number of H-pyrrole nitrogens is 1. The van der Waals surface area contributed by atoms with E-state index in [9.17, 15) is 4.79 Å². The van der Waals surface area contributed by atoms with Crippen LogP contribution in [0.15, 0.2) is 36.4 Å². The van der Waals surface area contributed by atoms with Crippen molar-refractivity contribution in [2.75, 3.05) is 26.0 Å². The molecule has 1 aliphatic rings. The number of anilines is 1. The number of hydrogen-bond acceptors (Lipinski definition) is 4. The Kier molecular flexibility index (Phi) is 4.44. The Labute approximate surface area is 152 Å². The van der Waals surface area contributed by atoms with Crippen LogP contribution in [0.1, 0.15) is 27.3 Å². The molecule has 134 valence electrons. The molecular formula is C20H23N5O. The summed E-state index contributed by atoms with van der Waals surface area (Å²) in [6.45, 7) is 2.57. The highest BCUT2D eigenvalue weighted by atomic mass is 16.1. The van der Waals surface area contributed by atoms with Crippen LogP contribution in [0.3, 0.4) is 0 Å². The normalized spacial score (nSPS) is 13.8. The van der Waals surface area contributed by atoms with Crippen LogP contribution in [0, 0.1) is 0 Å². The summed E-state index contributed by atoms with van der Waals surface area (Å²) >= 11 is 0. The minimum atomic E-state index is -0.0919. The lowest BCUT2D eigenvalue weighted by atomic mass is 9.98. The molecule has 0 unspecified atom stereocenters. The van der Waals surface area contributed by atoms with Gasteiger partial charge >= 0.3 is 0 Å². The quantitative estimate of drug-likeness (QED) is 0.677. The molecule has 0 saturated heterocycles. The highest BCUT2D eigenvalue weighted by molar-refractivity contribution is 6.05. The maximum Gasteiger partial charge on any atom is 0.255 e. The topological polar surface area (TPSA) is 73.1 Å². The summed E-state index contributed by atoms with van der Waals surface area (Å²) < 4.78 is 0. The van der Waals surface area contributed by atoms with E-state index in [2.05, 4.69) is 31.6 Å². The van der Waals surface area contributed by atoms with E-state index in [1.165, 1.54) is 11.1 Å². The maximum absolute atomic E-state index is 12.6. The Balaban J connectivity index is 1.53. The van der Waals surface area contributed by atoms with Crippen molar-refractivity contribution < 1.29 is 4.79 Å². The van der Waals surface area contributed by atoms with Crippen molar-refractivity contribution in [2.24, 2.45) is 0 Å². The number of carbonyl (C=O) groups is 1. The van der Waals surface area contributed by atoms with Gasteiger partial charge in [-0.1, -0.05) is 6.07 Å². The smallest absolute Gasteiger partial charge is 0.255 e. The van der Waals surface area contributed by atoms with Crippen LogP contribution in [-0.2, 0) is 19.5 Å². The van der Waals surface area contributed by atoms with Crippen LogP contribution in [0.4, 0.5) is 5.69 Å². The van der Waals surface area contributed by atoms with E-state index in [4.69, 9.17) is 0 Å². The number of nitrogens with one attached hydrogen (secondary N) is 3. The number of carbonyl (C=O) groups excluding carboxylic acids is 1. The Hall–Kier alpha value is -2.70. The molecule has 0 aliphatic carbocycles. The highest BCUT2D eigenvalue weighted by Gasteiger charge is 2.13. The molecule has 2 aromatic carbocycles. The van der Waals surface area contributed by atoms with Gasteiger partial charge in [0.25, 0.3) is 5.91 Å². The Bertz CT molecular complexity index is 960. The number of rotatable bonds is 4. The van der Waals surface area contributed by atoms with Crippen molar-refractivity contribution in [3.63, 3.8) is 0 Å². The molecular weight excluding hydrogens is 326 g/mol. The van der Waals surface area contributed by atoms with Crippen molar-refractivity contribution in [3.05, 3.63) is 58.9 Å². The second kappa shape index (κ2) is 6.90. The van der Waals surface area contributed by atoms with E-state index in [-0.39, 0.29) is 5.91 Å². The zero-order valence-electron chi connectivity index (χ0n) is 15.1. The van der Waals surface area contributed by atoms with Crippen molar-refractivity contribution in [3.8, 4) is 0 Å². The number of nitrogens with zero attached hydrogens (tertiary/aromatic N) is 2. The number of fused-ring (bicyclic) bond motifs is 2. The van der Waals surface area contributed by atoms with Gasteiger partial charge in [0.15, 0.2) is 0 Å². The minimum absolute atomic E-state index is 0.0919. The Morgan fingerprint density at radius 3 is 2.92 bits per heavy atom. The van der Waals surface area contributed by atoms with E-state index >= 15 is 0 Å². The third-order valence-electron chi connectivity index (χ3n) is 4.61. The first kappa shape index (κ1) is 16.8. The summed E-state index contributed by atoms with van der Waals surface area (Å²) in [4.78, 5) is 22.6. The molecule has 4 rings (SSSR count). The molecule has 0 fully saturated rings. The largest absolute Gasteiger partial charge is 0.341 e. The predicted molar refractivity (Wildman–Crippen MR) is 103 cm³/mol. The monoisotopic (exact) mass is 349 g/mol. The molecule has 2 heterocycles. The number of benzene rings is 2. The van der Waals surface area contributed by atoms with Gasteiger partial charge in [0, 0.05) is 17.8 Å². The fourth-order valence-corrected chi connectivity index (χ4v) is 3.34. The maximum atomic E-state index is 12.6. The van der Waals surface area contributed by atoms with Crippen LogP contribution in [-0.4, -0.2) is 41.4 Å². The second-order valence-corrected chi connectivity index (χ2v) is 7.02.